The Kier molecular flexibility index (Phi) is 4.25. The van der Waals surface area contributed by atoms with Gasteiger partial charge in [-0.1, -0.05) is 0 Å². The summed E-state index contributed by atoms with van der Waals surface area (Å²) in [5.41, 5.74) is 7.09. The third kappa shape index (κ3) is 2.97. The van der Waals surface area contributed by atoms with Gasteiger partial charge in [-0.15, -0.1) is 0 Å². The zero-order valence-corrected chi connectivity index (χ0v) is 10.7. The van der Waals surface area contributed by atoms with Gasteiger partial charge >= 0.3 is 6.03 Å². The first-order chi connectivity index (χ1) is 8.36. The van der Waals surface area contributed by atoms with Gasteiger partial charge in [0, 0.05) is 6.54 Å². The van der Waals surface area contributed by atoms with Gasteiger partial charge in [0.2, 0.25) is 0 Å². The van der Waals surface area contributed by atoms with Gasteiger partial charge in [0.25, 0.3) is 0 Å². The number of rotatable bonds is 2. The maximum atomic E-state index is 13.2. The number of nitrogens with two attached hydrogens (primary N) is 1. The molecule has 98 valence electrons. The van der Waals surface area contributed by atoms with Gasteiger partial charge in [-0.25, -0.2) is 9.18 Å². The highest BCUT2D eigenvalue weighted by Gasteiger charge is 2.18. The smallest absolute Gasteiger partial charge is 0.328 e. The van der Waals surface area contributed by atoms with Crippen LogP contribution in [0.25, 0.3) is 0 Å². The predicted octanol–water partition coefficient (Wildman–Crippen LogP) is 1.87. The van der Waals surface area contributed by atoms with Crippen molar-refractivity contribution in [2.75, 3.05) is 11.4 Å². The van der Waals surface area contributed by atoms with E-state index < -0.39 is 12.0 Å². The molecule has 6 heteroatoms. The van der Waals surface area contributed by atoms with Gasteiger partial charge in [0.05, 0.1) is 5.69 Å². The molecule has 0 bridgehead atoms. The zero-order valence-electron chi connectivity index (χ0n) is 10.7. The number of hydrogen-bond donors (Lipinski definition) is 3. The minimum Gasteiger partial charge on any atom is -0.370 e. The van der Waals surface area contributed by atoms with Crippen LogP contribution in [0.15, 0.2) is 12.1 Å². The van der Waals surface area contributed by atoms with Gasteiger partial charge in [0.15, 0.2) is 5.96 Å². The topological polar surface area (TPSA) is 82.2 Å². The van der Waals surface area contributed by atoms with E-state index in [1.807, 2.05) is 0 Å². The lowest BCUT2D eigenvalue weighted by Crippen LogP contribution is -2.46. The first kappa shape index (κ1) is 14.0. The Balaban J connectivity index is 3.17. The van der Waals surface area contributed by atoms with Crippen molar-refractivity contribution in [2.24, 2.45) is 5.73 Å². The van der Waals surface area contributed by atoms with Crippen molar-refractivity contribution < 1.29 is 9.18 Å². The summed E-state index contributed by atoms with van der Waals surface area (Å²) >= 11 is 0. The molecule has 0 spiro atoms. The molecule has 0 saturated heterocycles. The summed E-state index contributed by atoms with van der Waals surface area (Å²) in [5.74, 6) is -0.757. The number of urea groups is 1. The van der Waals surface area contributed by atoms with Crippen LogP contribution in [-0.4, -0.2) is 18.5 Å². The SMILES string of the molecule is CCN(C(=O)NC(=N)N)c1c(C)cc(F)cc1C. The van der Waals surface area contributed by atoms with E-state index in [9.17, 15) is 9.18 Å². The number of guanidine groups is 1. The summed E-state index contributed by atoms with van der Waals surface area (Å²) in [4.78, 5) is 13.3. The van der Waals surface area contributed by atoms with E-state index >= 15 is 0 Å². The lowest BCUT2D eigenvalue weighted by molar-refractivity contribution is 0.250. The number of carbonyl (C=O) groups excluding carboxylic acids is 1. The van der Waals surface area contributed by atoms with E-state index in [0.717, 1.165) is 0 Å². The first-order valence-electron chi connectivity index (χ1n) is 5.56. The summed E-state index contributed by atoms with van der Waals surface area (Å²) in [6.45, 7) is 5.65. The molecule has 0 aliphatic heterocycles. The normalized spacial score (nSPS) is 10.0. The largest absolute Gasteiger partial charge is 0.370 e. The second-order valence-corrected chi connectivity index (χ2v) is 3.98. The van der Waals surface area contributed by atoms with Crippen LogP contribution in [0.1, 0.15) is 18.1 Å². The van der Waals surface area contributed by atoms with Crippen LogP contribution in [0.4, 0.5) is 14.9 Å². The fraction of sp³-hybridized carbons (Fsp3) is 0.333. The van der Waals surface area contributed by atoms with Gasteiger partial charge in [0.1, 0.15) is 5.82 Å². The van der Waals surface area contributed by atoms with E-state index in [0.29, 0.717) is 23.4 Å². The molecule has 18 heavy (non-hydrogen) atoms. The second-order valence-electron chi connectivity index (χ2n) is 3.98. The quantitative estimate of drug-likeness (QED) is 0.554. The van der Waals surface area contributed by atoms with Crippen LogP contribution in [0.2, 0.25) is 0 Å². The maximum Gasteiger partial charge on any atom is 0.328 e. The number of halogens is 1. The van der Waals surface area contributed by atoms with E-state index in [4.69, 9.17) is 11.1 Å². The average molecular weight is 252 g/mol. The number of hydrogen-bond acceptors (Lipinski definition) is 2. The Bertz CT molecular complexity index is 464. The van der Waals surface area contributed by atoms with E-state index in [2.05, 4.69) is 5.32 Å². The van der Waals surface area contributed by atoms with Crippen LogP contribution < -0.4 is 16.0 Å². The van der Waals surface area contributed by atoms with Gasteiger partial charge in [-0.2, -0.15) is 0 Å². The molecule has 2 amide bonds. The van der Waals surface area contributed by atoms with Crippen LogP contribution in [-0.2, 0) is 0 Å². The molecular weight excluding hydrogens is 235 g/mol. The molecule has 0 radical (unpaired) electrons. The lowest BCUT2D eigenvalue weighted by atomic mass is 10.1. The molecule has 0 aliphatic carbocycles. The number of nitrogens with one attached hydrogen (secondary N) is 2. The second kappa shape index (κ2) is 5.48. The average Bonchev–Trinajstić information content (AvgIpc) is 2.21. The number of amides is 2. The molecule has 0 saturated carbocycles. The standard InChI is InChI=1S/C12H17FN4O/c1-4-17(12(18)16-11(14)15)10-7(2)5-9(13)6-8(10)3/h5-6H,4H2,1-3H3,(H4,14,15,16,18). The molecule has 0 unspecified atom stereocenters. The third-order valence-corrected chi connectivity index (χ3v) is 2.53. The Labute approximate surface area is 105 Å². The van der Waals surface area contributed by atoms with Crippen molar-refractivity contribution >= 4 is 17.7 Å². The summed E-state index contributed by atoms with van der Waals surface area (Å²) in [7, 11) is 0. The monoisotopic (exact) mass is 252 g/mol. The predicted molar refractivity (Wildman–Crippen MR) is 69.3 cm³/mol. The first-order valence-corrected chi connectivity index (χ1v) is 5.56. The number of carbonyl (C=O) groups is 1. The highest BCUT2D eigenvalue weighted by molar-refractivity contribution is 6.03. The summed E-state index contributed by atoms with van der Waals surface area (Å²) in [6.07, 6.45) is 0. The highest BCUT2D eigenvalue weighted by atomic mass is 19.1. The van der Waals surface area contributed by atoms with Crippen molar-refractivity contribution in [3.63, 3.8) is 0 Å². The van der Waals surface area contributed by atoms with Crippen molar-refractivity contribution in [1.29, 1.82) is 5.41 Å². The van der Waals surface area contributed by atoms with Gasteiger partial charge in [-0.05, 0) is 44.0 Å². The Hall–Kier alpha value is -2.11. The molecule has 5 nitrogen and oxygen atoms in total. The molecule has 0 aromatic heterocycles. The minimum atomic E-state index is -0.497. The highest BCUT2D eigenvalue weighted by Crippen LogP contribution is 2.25. The van der Waals surface area contributed by atoms with Crippen LogP contribution in [0.3, 0.4) is 0 Å². The van der Waals surface area contributed by atoms with Gasteiger partial charge in [-0.3, -0.25) is 15.6 Å². The lowest BCUT2D eigenvalue weighted by Gasteiger charge is -2.24. The molecular formula is C12H17FN4O. The number of benzene rings is 1. The molecule has 1 aromatic carbocycles. The number of anilines is 1. The van der Waals surface area contributed by atoms with Gasteiger partial charge < -0.3 is 5.73 Å². The third-order valence-electron chi connectivity index (χ3n) is 2.53. The molecule has 1 rings (SSSR count). The van der Waals surface area contributed by atoms with Crippen molar-refractivity contribution in [3.05, 3.63) is 29.1 Å². The Morgan fingerprint density at radius 3 is 2.33 bits per heavy atom. The van der Waals surface area contributed by atoms with Crippen molar-refractivity contribution in [1.82, 2.24) is 5.32 Å². The molecule has 0 heterocycles. The maximum absolute atomic E-state index is 13.2. The summed E-state index contributed by atoms with van der Waals surface area (Å²) in [5, 5.41) is 9.27. The van der Waals surface area contributed by atoms with Crippen LogP contribution in [0, 0.1) is 25.1 Å². The van der Waals surface area contributed by atoms with Crippen molar-refractivity contribution in [3.8, 4) is 0 Å². The van der Waals surface area contributed by atoms with Crippen molar-refractivity contribution in [2.45, 2.75) is 20.8 Å². The number of aryl methyl sites for hydroxylation is 2. The molecule has 0 fully saturated rings. The van der Waals surface area contributed by atoms with E-state index in [-0.39, 0.29) is 5.82 Å². The van der Waals surface area contributed by atoms with E-state index in [1.54, 1.807) is 20.8 Å². The minimum absolute atomic E-state index is 0.336. The zero-order chi connectivity index (χ0) is 13.9. The number of nitrogens with zero attached hydrogens (tertiary/aromatic N) is 1. The summed E-state index contributed by atoms with van der Waals surface area (Å²) < 4.78 is 13.2. The Morgan fingerprint density at radius 1 is 1.44 bits per heavy atom. The van der Waals surface area contributed by atoms with Crippen LogP contribution >= 0.6 is 0 Å². The molecule has 4 N–H and O–H groups in total. The fourth-order valence-corrected chi connectivity index (χ4v) is 1.91. The summed E-state index contributed by atoms with van der Waals surface area (Å²) in [6, 6.07) is 2.24. The molecule has 1 aromatic rings. The molecule has 0 aliphatic rings. The fourth-order valence-electron chi connectivity index (χ4n) is 1.91. The van der Waals surface area contributed by atoms with Crippen LogP contribution in [0.5, 0.6) is 0 Å². The van der Waals surface area contributed by atoms with E-state index in [1.165, 1.54) is 17.0 Å². The molecule has 0 atom stereocenters. The Morgan fingerprint density at radius 2 is 1.94 bits per heavy atom.